The Labute approximate surface area is 129 Å². The number of anilines is 4. The molecule has 7 heteroatoms. The summed E-state index contributed by atoms with van der Waals surface area (Å²) >= 11 is 1.69. The molecule has 0 saturated heterocycles. The van der Waals surface area contributed by atoms with E-state index in [0.29, 0.717) is 11.9 Å². The average Bonchev–Trinajstić information content (AvgIpc) is 2.48. The van der Waals surface area contributed by atoms with Crippen LogP contribution in [0.15, 0.2) is 29.2 Å². The highest BCUT2D eigenvalue weighted by molar-refractivity contribution is 7.98. The average molecular weight is 304 g/mol. The molecule has 2 aromatic rings. The Hall–Kier alpha value is -2.02. The second-order valence-electron chi connectivity index (χ2n) is 4.35. The molecule has 0 bridgehead atoms. The first-order valence-electron chi connectivity index (χ1n) is 6.83. The molecule has 0 saturated carbocycles. The summed E-state index contributed by atoms with van der Waals surface area (Å²) in [5, 5.41) is 3.18. The fourth-order valence-electron chi connectivity index (χ4n) is 1.91. The van der Waals surface area contributed by atoms with Crippen molar-refractivity contribution in [3.63, 3.8) is 0 Å². The molecular formula is C14H20N6S. The van der Waals surface area contributed by atoms with Gasteiger partial charge in [-0.3, -0.25) is 0 Å². The fraction of sp³-hybridized carbons (Fsp3) is 0.357. The second kappa shape index (κ2) is 7.12. The lowest BCUT2D eigenvalue weighted by molar-refractivity contribution is 0.816. The third kappa shape index (κ3) is 3.98. The number of nitrogens with zero attached hydrogens (tertiary/aromatic N) is 4. The molecule has 1 aromatic carbocycles. The molecule has 0 aliphatic rings. The van der Waals surface area contributed by atoms with Crippen molar-refractivity contribution in [1.82, 2.24) is 15.0 Å². The first kappa shape index (κ1) is 15.4. The van der Waals surface area contributed by atoms with Crippen LogP contribution in [0.4, 0.5) is 23.5 Å². The topological polar surface area (TPSA) is 80.0 Å². The number of benzene rings is 1. The molecule has 3 N–H and O–H groups in total. The van der Waals surface area contributed by atoms with Crippen LogP contribution in [0, 0.1) is 0 Å². The molecule has 0 unspecified atom stereocenters. The van der Waals surface area contributed by atoms with Gasteiger partial charge in [-0.25, -0.2) is 0 Å². The number of rotatable bonds is 6. The zero-order valence-electron chi connectivity index (χ0n) is 12.5. The number of aromatic nitrogens is 3. The van der Waals surface area contributed by atoms with Crippen LogP contribution in [-0.2, 0) is 0 Å². The number of hydrogen-bond acceptors (Lipinski definition) is 7. The van der Waals surface area contributed by atoms with Crippen LogP contribution in [0.2, 0.25) is 0 Å². The van der Waals surface area contributed by atoms with Gasteiger partial charge >= 0.3 is 0 Å². The lowest BCUT2D eigenvalue weighted by Crippen LogP contribution is -2.25. The van der Waals surface area contributed by atoms with E-state index in [-0.39, 0.29) is 5.95 Å². The lowest BCUT2D eigenvalue weighted by Gasteiger charge is -2.19. The van der Waals surface area contributed by atoms with Crippen LogP contribution < -0.4 is 16.0 Å². The van der Waals surface area contributed by atoms with Gasteiger partial charge in [-0.2, -0.15) is 15.0 Å². The summed E-state index contributed by atoms with van der Waals surface area (Å²) in [5.41, 5.74) is 6.71. The standard InChI is InChI=1S/C14H20N6S/c1-4-20(5-2)14-18-12(15)17-13(19-14)16-10-7-6-8-11(9-10)21-3/h6-9H,4-5H2,1-3H3,(H3,15,16,17,18,19). The monoisotopic (exact) mass is 304 g/mol. The molecule has 1 aromatic heterocycles. The second-order valence-corrected chi connectivity index (χ2v) is 5.23. The Morgan fingerprint density at radius 2 is 1.95 bits per heavy atom. The first-order chi connectivity index (χ1) is 10.2. The van der Waals surface area contributed by atoms with Crippen LogP contribution in [0.3, 0.4) is 0 Å². The molecule has 112 valence electrons. The maximum absolute atomic E-state index is 5.78. The summed E-state index contributed by atoms with van der Waals surface area (Å²) in [7, 11) is 0. The zero-order chi connectivity index (χ0) is 15.2. The summed E-state index contributed by atoms with van der Waals surface area (Å²) in [5.74, 6) is 1.27. The highest BCUT2D eigenvalue weighted by Gasteiger charge is 2.10. The molecule has 21 heavy (non-hydrogen) atoms. The van der Waals surface area contributed by atoms with Crippen molar-refractivity contribution >= 4 is 35.3 Å². The van der Waals surface area contributed by atoms with Gasteiger partial charge in [0.1, 0.15) is 0 Å². The van der Waals surface area contributed by atoms with Crippen molar-refractivity contribution < 1.29 is 0 Å². The van der Waals surface area contributed by atoms with Crippen LogP contribution >= 0.6 is 11.8 Å². The molecule has 0 aliphatic heterocycles. The van der Waals surface area contributed by atoms with Crippen molar-refractivity contribution in [2.45, 2.75) is 18.7 Å². The van der Waals surface area contributed by atoms with Crippen LogP contribution in [-0.4, -0.2) is 34.3 Å². The van der Waals surface area contributed by atoms with Crippen LogP contribution in [0.25, 0.3) is 0 Å². The predicted molar refractivity (Wildman–Crippen MR) is 89.3 cm³/mol. The van der Waals surface area contributed by atoms with Gasteiger partial charge in [-0.1, -0.05) is 6.07 Å². The highest BCUT2D eigenvalue weighted by Crippen LogP contribution is 2.22. The molecule has 0 fully saturated rings. The van der Waals surface area contributed by atoms with Crippen molar-refractivity contribution in [3.05, 3.63) is 24.3 Å². The Bertz CT molecular complexity index is 600. The quantitative estimate of drug-likeness (QED) is 0.794. The summed E-state index contributed by atoms with van der Waals surface area (Å²) in [6.45, 7) is 5.75. The first-order valence-corrected chi connectivity index (χ1v) is 8.06. The van der Waals surface area contributed by atoms with E-state index in [9.17, 15) is 0 Å². The Kier molecular flexibility index (Phi) is 5.21. The van der Waals surface area contributed by atoms with E-state index in [1.165, 1.54) is 4.90 Å². The zero-order valence-corrected chi connectivity index (χ0v) is 13.3. The van der Waals surface area contributed by atoms with Gasteiger partial charge in [0.05, 0.1) is 0 Å². The van der Waals surface area contributed by atoms with E-state index in [1.807, 2.05) is 29.4 Å². The number of nitrogens with two attached hydrogens (primary N) is 1. The minimum Gasteiger partial charge on any atom is -0.368 e. The minimum atomic E-state index is 0.218. The van der Waals surface area contributed by atoms with Crippen LogP contribution in [0.5, 0.6) is 0 Å². The molecular weight excluding hydrogens is 284 g/mol. The maximum Gasteiger partial charge on any atom is 0.233 e. The molecule has 0 spiro atoms. The number of thioether (sulfide) groups is 1. The summed E-state index contributed by atoms with van der Waals surface area (Å²) in [6, 6.07) is 8.06. The molecule has 6 nitrogen and oxygen atoms in total. The number of nitrogen functional groups attached to an aromatic ring is 1. The van der Waals surface area contributed by atoms with E-state index in [4.69, 9.17) is 5.73 Å². The molecule has 2 rings (SSSR count). The van der Waals surface area contributed by atoms with Gasteiger partial charge in [0, 0.05) is 23.7 Å². The summed E-state index contributed by atoms with van der Waals surface area (Å²) < 4.78 is 0. The number of hydrogen-bond donors (Lipinski definition) is 2. The Morgan fingerprint density at radius 1 is 1.19 bits per heavy atom. The smallest absolute Gasteiger partial charge is 0.233 e. The Morgan fingerprint density at radius 3 is 2.62 bits per heavy atom. The van der Waals surface area contributed by atoms with Gasteiger partial charge < -0.3 is 16.0 Å². The van der Waals surface area contributed by atoms with E-state index in [0.717, 1.165) is 18.8 Å². The third-order valence-electron chi connectivity index (χ3n) is 3.01. The predicted octanol–water partition coefficient (Wildman–Crippen LogP) is 2.77. The number of nitrogens with one attached hydrogen (secondary N) is 1. The molecule has 0 aliphatic carbocycles. The van der Waals surface area contributed by atoms with E-state index >= 15 is 0 Å². The van der Waals surface area contributed by atoms with Gasteiger partial charge in [-0.15, -0.1) is 11.8 Å². The van der Waals surface area contributed by atoms with Crippen molar-refractivity contribution in [2.24, 2.45) is 0 Å². The molecule has 0 amide bonds. The SMILES string of the molecule is CCN(CC)c1nc(N)nc(Nc2cccc(SC)c2)n1. The summed E-state index contributed by atoms with van der Waals surface area (Å²) in [4.78, 5) is 16.0. The van der Waals surface area contributed by atoms with E-state index < -0.39 is 0 Å². The lowest BCUT2D eigenvalue weighted by atomic mass is 10.3. The van der Waals surface area contributed by atoms with Gasteiger partial charge in [0.25, 0.3) is 0 Å². The normalized spacial score (nSPS) is 10.4. The van der Waals surface area contributed by atoms with Crippen molar-refractivity contribution in [1.29, 1.82) is 0 Å². The fourth-order valence-corrected chi connectivity index (χ4v) is 2.37. The van der Waals surface area contributed by atoms with E-state index in [2.05, 4.69) is 40.2 Å². The van der Waals surface area contributed by atoms with Gasteiger partial charge in [0.2, 0.25) is 17.8 Å². The third-order valence-corrected chi connectivity index (χ3v) is 3.74. The summed E-state index contributed by atoms with van der Waals surface area (Å²) in [6.07, 6.45) is 2.04. The minimum absolute atomic E-state index is 0.218. The van der Waals surface area contributed by atoms with Crippen molar-refractivity contribution in [3.8, 4) is 0 Å². The molecule has 0 atom stereocenters. The van der Waals surface area contributed by atoms with Gasteiger partial charge in [-0.05, 0) is 38.3 Å². The molecule has 0 radical (unpaired) electrons. The van der Waals surface area contributed by atoms with Crippen LogP contribution in [0.1, 0.15) is 13.8 Å². The largest absolute Gasteiger partial charge is 0.368 e. The van der Waals surface area contributed by atoms with E-state index in [1.54, 1.807) is 11.8 Å². The highest BCUT2D eigenvalue weighted by atomic mass is 32.2. The molecule has 1 heterocycles. The van der Waals surface area contributed by atoms with Gasteiger partial charge in [0.15, 0.2) is 0 Å². The Balaban J connectivity index is 2.27. The van der Waals surface area contributed by atoms with Crippen molar-refractivity contribution in [2.75, 3.05) is 35.3 Å². The maximum atomic E-state index is 5.78.